The second-order valence-electron chi connectivity index (χ2n) is 20.2. The molecule has 0 saturated carbocycles. The first kappa shape index (κ1) is 87.7. The third-order valence-electron chi connectivity index (χ3n) is 12.1. The van der Waals surface area contributed by atoms with Crippen LogP contribution in [0.15, 0.2) is 94.9 Å². The van der Waals surface area contributed by atoms with E-state index in [9.17, 15) is 39.0 Å². The number of carbonyl (C=O) groups is 6. The molecule has 500 valence electrons. The first-order valence-corrected chi connectivity index (χ1v) is 29.4. The topological polar surface area (TPSA) is 264 Å². The molecule has 0 spiro atoms. The molecule has 6 N–H and O–H groups in total. The zero-order chi connectivity index (χ0) is 62.0. The van der Waals surface area contributed by atoms with Crippen molar-refractivity contribution in [3.8, 4) is 11.5 Å². The molecule has 0 aliphatic carbocycles. The Morgan fingerprint density at radius 3 is 1.39 bits per heavy atom. The van der Waals surface area contributed by atoms with Crippen LogP contribution in [0.1, 0.15) is 140 Å². The summed E-state index contributed by atoms with van der Waals surface area (Å²) in [6, 6.07) is 21.4. The monoisotopic (exact) mass is 1380 g/mol. The van der Waals surface area contributed by atoms with Gasteiger partial charge in [0.25, 0.3) is 11.8 Å². The van der Waals surface area contributed by atoms with E-state index in [0.29, 0.717) is 45.2 Å². The van der Waals surface area contributed by atoms with Gasteiger partial charge in [-0.2, -0.15) is 27.0 Å². The summed E-state index contributed by atoms with van der Waals surface area (Å²) in [7, 11) is 0. The zero-order valence-corrected chi connectivity index (χ0v) is 55.9. The number of hydrogen-bond acceptors (Lipinski definition) is 14. The summed E-state index contributed by atoms with van der Waals surface area (Å²) in [4.78, 5) is 81.6. The summed E-state index contributed by atoms with van der Waals surface area (Å²) in [5.74, 6) is -2.40. The minimum atomic E-state index is -1.17. The maximum Gasteiger partial charge on any atom is 0.410 e. The molecule has 0 unspecified atom stereocenters. The summed E-state index contributed by atoms with van der Waals surface area (Å²) in [5, 5.41) is 35.7. The van der Waals surface area contributed by atoms with E-state index in [-0.39, 0.29) is 117 Å². The van der Waals surface area contributed by atoms with Gasteiger partial charge in [-0.25, -0.2) is 14.4 Å². The number of rotatable bonds is 25. The SMILES string of the molecule is C.C.CC(C)(C)OC(=O)N1CCN=C(CCCCCOc2ccc(C[C@H](NC(=O)c3c(Cl)cccc3Cl)C(=O)O)cc2)C1.CCO.CCOC(C)=O.Cl.O=C(N[C@@H](Cc1ccc(OCCCCCC2=NCCNC2)cc1)C(=O)O)c1c(Cl)cccc1Cl.S.S. The molecule has 4 aromatic carbocycles. The van der Waals surface area contributed by atoms with Crippen LogP contribution in [0.2, 0.25) is 20.1 Å². The molecule has 4 aromatic rings. The number of aliphatic carboxylic acids is 2. The standard InChI is InChI=1S/C30H37Cl2N3O6.C25H29Cl2N3O4.C4H8O2.C2H6O.2CH4.ClH.2H2S/c1-30(2,3)41-29(39)35-16-15-33-21(19-35)8-5-4-6-17-40-22-13-11-20(12-14-22)18-25(28(37)38)34-27(36)26-23(31)9-7-10-24(26)32;26-20-6-4-7-21(27)23(20)24(31)30-22(25(32)33)15-17-8-10-19(11-9-17)34-14-3-1-2-5-18-16-28-12-13-29-18;1-3-6-4(2)5;1-2-3;;;;;/h7,9-14,25H,4-6,8,15-19H2,1-3H3,(H,34,36)(H,37,38);4,6-11,22,28H,1-3,5,12-16H2,(H,30,31)(H,32,33);3H2,1-2H3;3H,2H2,1H3;2*1H4;1H;2*1H2/t25-;22-;;;;;;;/m00......./s1. The van der Waals surface area contributed by atoms with Gasteiger partial charge in [-0.3, -0.25) is 24.4 Å². The smallest absolute Gasteiger partial charge is 0.410 e. The third-order valence-corrected chi connectivity index (χ3v) is 13.4. The summed E-state index contributed by atoms with van der Waals surface area (Å²) in [6.07, 6.45) is 7.67. The molecule has 0 fully saturated rings. The number of aliphatic imine (C=N–C) groups is 2. The molecule has 2 atom stereocenters. The van der Waals surface area contributed by atoms with Crippen LogP contribution >= 0.6 is 85.8 Å². The second-order valence-corrected chi connectivity index (χ2v) is 21.8. The number of ether oxygens (including phenoxy) is 4. The van der Waals surface area contributed by atoms with Crippen molar-refractivity contribution in [2.45, 2.75) is 138 Å². The number of aliphatic hydroxyl groups is 1. The fourth-order valence-corrected chi connectivity index (χ4v) is 9.21. The number of halogens is 5. The lowest BCUT2D eigenvalue weighted by Crippen LogP contribution is -2.43. The van der Waals surface area contributed by atoms with Crippen molar-refractivity contribution >= 4 is 133 Å². The number of nitrogens with one attached hydrogen (secondary N) is 3. The molecular formula is C63H93Cl5N6O13S2. The minimum absolute atomic E-state index is 0. The van der Waals surface area contributed by atoms with E-state index >= 15 is 0 Å². The predicted octanol–water partition coefficient (Wildman–Crippen LogP) is 12.9. The van der Waals surface area contributed by atoms with E-state index < -0.39 is 41.4 Å². The highest BCUT2D eigenvalue weighted by atomic mass is 35.5. The Labute approximate surface area is 566 Å². The quantitative estimate of drug-likeness (QED) is 0.0266. The molecule has 0 aromatic heterocycles. The van der Waals surface area contributed by atoms with Gasteiger partial charge in [0, 0.05) is 57.4 Å². The first-order valence-electron chi connectivity index (χ1n) is 27.9. The van der Waals surface area contributed by atoms with Gasteiger partial charge in [-0.15, -0.1) is 12.4 Å². The van der Waals surface area contributed by atoms with Gasteiger partial charge in [0.15, 0.2) is 0 Å². The van der Waals surface area contributed by atoms with Crippen molar-refractivity contribution in [3.05, 3.63) is 127 Å². The van der Waals surface area contributed by atoms with Crippen LogP contribution in [0.3, 0.4) is 0 Å². The number of hydrogen-bond donors (Lipinski definition) is 6. The summed E-state index contributed by atoms with van der Waals surface area (Å²) < 4.78 is 21.5. The third kappa shape index (κ3) is 35.6. The Kier molecular flexibility index (Phi) is 47.6. The molecule has 26 heteroatoms. The van der Waals surface area contributed by atoms with Crippen molar-refractivity contribution in [2.24, 2.45) is 9.98 Å². The first-order chi connectivity index (χ1) is 40.0. The van der Waals surface area contributed by atoms with Gasteiger partial charge in [-0.05, 0) is 146 Å². The molecule has 6 rings (SSSR count). The normalized spacial score (nSPS) is 12.7. The number of carboxylic acid groups (broad SMARTS) is 2. The molecular weight excluding hydrogens is 1290 g/mol. The van der Waals surface area contributed by atoms with Crippen molar-refractivity contribution in [1.29, 1.82) is 0 Å². The highest BCUT2D eigenvalue weighted by molar-refractivity contribution is 7.59. The molecule has 19 nitrogen and oxygen atoms in total. The summed E-state index contributed by atoms with van der Waals surface area (Å²) >= 11 is 24.3. The number of carbonyl (C=O) groups excluding carboxylic acids is 4. The van der Waals surface area contributed by atoms with Gasteiger partial charge in [-0.1, -0.05) is 97.7 Å². The van der Waals surface area contributed by atoms with Gasteiger partial charge in [0.2, 0.25) is 0 Å². The van der Waals surface area contributed by atoms with Crippen molar-refractivity contribution < 1.29 is 63.0 Å². The van der Waals surface area contributed by atoms with Crippen molar-refractivity contribution in [2.75, 3.05) is 65.7 Å². The fraction of sp³-hybridized carbons (Fsp3) is 0.492. The Hall–Kier alpha value is -5.49. The van der Waals surface area contributed by atoms with Gasteiger partial charge in [0.1, 0.15) is 29.2 Å². The van der Waals surface area contributed by atoms with Gasteiger partial charge >= 0.3 is 24.0 Å². The lowest BCUT2D eigenvalue weighted by Gasteiger charge is -2.29. The summed E-state index contributed by atoms with van der Waals surface area (Å²) in [5.41, 5.74) is 3.34. The maximum atomic E-state index is 12.6. The number of nitrogens with zero attached hydrogens (tertiary/aromatic N) is 3. The molecule has 2 aliphatic rings. The molecule has 2 heterocycles. The highest BCUT2D eigenvalue weighted by Crippen LogP contribution is 2.26. The number of amides is 3. The number of benzene rings is 4. The van der Waals surface area contributed by atoms with E-state index in [1.165, 1.54) is 36.9 Å². The van der Waals surface area contributed by atoms with Gasteiger partial charge in [0.05, 0.1) is 70.7 Å². The number of unbranched alkanes of at least 4 members (excludes halogenated alkanes) is 4. The number of carboxylic acids is 2. The number of esters is 1. The molecule has 2 aliphatic heterocycles. The molecule has 3 amide bonds. The van der Waals surface area contributed by atoms with Crippen LogP contribution in [0.5, 0.6) is 11.5 Å². The lowest BCUT2D eigenvalue weighted by atomic mass is 10.1. The molecule has 0 bridgehead atoms. The maximum absolute atomic E-state index is 12.6. The Morgan fingerprint density at radius 1 is 0.640 bits per heavy atom. The lowest BCUT2D eigenvalue weighted by molar-refractivity contribution is -0.141. The predicted molar refractivity (Wildman–Crippen MR) is 371 cm³/mol. The van der Waals surface area contributed by atoms with E-state index in [0.717, 1.165) is 93.6 Å². The largest absolute Gasteiger partial charge is 0.494 e. The summed E-state index contributed by atoms with van der Waals surface area (Å²) in [6.45, 7) is 16.8. The molecule has 89 heavy (non-hydrogen) atoms. The highest BCUT2D eigenvalue weighted by Gasteiger charge is 2.27. The van der Waals surface area contributed by atoms with Crippen LogP contribution in [0, 0.1) is 0 Å². The van der Waals surface area contributed by atoms with Crippen LogP contribution in [0.4, 0.5) is 4.79 Å². The van der Waals surface area contributed by atoms with E-state index in [1.807, 2.05) is 32.9 Å². The van der Waals surface area contributed by atoms with Gasteiger partial charge < -0.3 is 55.1 Å². The second kappa shape index (κ2) is 48.3. The van der Waals surface area contributed by atoms with E-state index in [4.69, 9.17) is 65.7 Å². The van der Waals surface area contributed by atoms with E-state index in [2.05, 4.69) is 30.7 Å². The fourth-order valence-electron chi connectivity index (χ4n) is 8.07. The average Bonchev–Trinajstić information content (AvgIpc) is 3.65. The van der Waals surface area contributed by atoms with Crippen LogP contribution in [0.25, 0.3) is 0 Å². The Morgan fingerprint density at radius 2 is 1.04 bits per heavy atom. The van der Waals surface area contributed by atoms with Crippen LogP contribution < -0.4 is 25.4 Å². The van der Waals surface area contributed by atoms with Crippen LogP contribution in [-0.4, -0.2) is 151 Å². The minimum Gasteiger partial charge on any atom is -0.494 e. The number of aliphatic hydroxyl groups excluding tert-OH is 1. The van der Waals surface area contributed by atoms with Crippen molar-refractivity contribution in [1.82, 2.24) is 20.9 Å². The van der Waals surface area contributed by atoms with Crippen LogP contribution in [-0.2, 0) is 36.7 Å². The molecule has 0 saturated heterocycles. The Balaban J connectivity index is -0.00000141. The van der Waals surface area contributed by atoms with E-state index in [1.54, 1.807) is 67.3 Å². The molecule has 0 radical (unpaired) electrons. The zero-order valence-electron chi connectivity index (χ0n) is 50.1. The Bertz CT molecular complexity index is 2760. The van der Waals surface area contributed by atoms with Crippen molar-refractivity contribution in [3.63, 3.8) is 0 Å². The average molecular weight is 1380 g/mol.